The molecule has 0 atom stereocenters. The molecular weight excluding hydrogens is 232 g/mol. The zero-order valence-corrected chi connectivity index (χ0v) is 9.30. The second-order valence-corrected chi connectivity index (χ2v) is 3.60. The fourth-order valence-electron chi connectivity index (χ4n) is 1.62. The minimum absolute atomic E-state index is 0.146. The molecule has 8 heteroatoms. The van der Waals surface area contributed by atoms with Gasteiger partial charge in [0.2, 0.25) is 11.9 Å². The van der Waals surface area contributed by atoms with Crippen molar-refractivity contribution in [3.63, 3.8) is 0 Å². The Morgan fingerprint density at radius 2 is 1.72 bits per heavy atom. The zero-order chi connectivity index (χ0) is 12.5. The zero-order valence-electron chi connectivity index (χ0n) is 9.30. The molecule has 0 amide bonds. The normalized spacial score (nSPS) is 10.7. The van der Waals surface area contributed by atoms with Crippen LogP contribution in [0.4, 0.5) is 11.9 Å². The predicted molar refractivity (Wildman–Crippen MR) is 65.1 cm³/mol. The maximum atomic E-state index is 5.69. The topological polar surface area (TPSA) is 113 Å². The molecule has 2 aromatic heterocycles. The lowest BCUT2D eigenvalue weighted by molar-refractivity contribution is 0.869. The lowest BCUT2D eigenvalue weighted by Gasteiger charge is -2.04. The van der Waals surface area contributed by atoms with Crippen LogP contribution in [0.25, 0.3) is 11.4 Å². The van der Waals surface area contributed by atoms with Crippen LogP contribution in [0.5, 0.6) is 0 Å². The standard InChI is InChI=1S/C10H10N8/c11-9-15-10(12)18(16-9)8-3-1-7(2-4-8)17-6-13-5-14-17/h1-6H,(H4,11,12,15,16). The van der Waals surface area contributed by atoms with Crippen molar-refractivity contribution in [2.45, 2.75) is 0 Å². The summed E-state index contributed by atoms with van der Waals surface area (Å²) < 4.78 is 3.13. The predicted octanol–water partition coefficient (Wildman–Crippen LogP) is 0.0124. The van der Waals surface area contributed by atoms with Crippen LogP contribution in [0.1, 0.15) is 0 Å². The van der Waals surface area contributed by atoms with Gasteiger partial charge in [-0.15, -0.1) is 5.10 Å². The number of hydrogen-bond acceptors (Lipinski definition) is 6. The lowest BCUT2D eigenvalue weighted by atomic mass is 10.3. The summed E-state index contributed by atoms with van der Waals surface area (Å²) in [5.74, 6) is 0.397. The third kappa shape index (κ3) is 1.65. The van der Waals surface area contributed by atoms with Crippen molar-refractivity contribution in [1.82, 2.24) is 29.5 Å². The molecule has 18 heavy (non-hydrogen) atoms. The van der Waals surface area contributed by atoms with E-state index in [2.05, 4.69) is 20.2 Å². The van der Waals surface area contributed by atoms with E-state index in [0.717, 1.165) is 11.4 Å². The summed E-state index contributed by atoms with van der Waals surface area (Å²) in [5, 5.41) is 8.03. The maximum Gasteiger partial charge on any atom is 0.241 e. The molecule has 0 aliphatic heterocycles. The second-order valence-electron chi connectivity index (χ2n) is 3.60. The summed E-state index contributed by atoms with van der Waals surface area (Å²) in [6, 6.07) is 7.45. The SMILES string of the molecule is Nc1nc(N)n(-c2ccc(-n3cncn3)cc2)n1. The molecule has 4 N–H and O–H groups in total. The van der Waals surface area contributed by atoms with Gasteiger partial charge >= 0.3 is 0 Å². The molecule has 0 spiro atoms. The lowest BCUT2D eigenvalue weighted by Crippen LogP contribution is -2.03. The smallest absolute Gasteiger partial charge is 0.241 e. The number of nitrogen functional groups attached to an aromatic ring is 2. The Hall–Kier alpha value is -2.90. The van der Waals surface area contributed by atoms with E-state index in [9.17, 15) is 0 Å². The maximum absolute atomic E-state index is 5.69. The van der Waals surface area contributed by atoms with Gasteiger partial charge < -0.3 is 11.5 Å². The van der Waals surface area contributed by atoms with E-state index in [1.54, 1.807) is 11.0 Å². The van der Waals surface area contributed by atoms with Crippen LogP contribution in [-0.4, -0.2) is 29.5 Å². The molecule has 0 saturated heterocycles. The summed E-state index contributed by atoms with van der Waals surface area (Å²) >= 11 is 0. The van der Waals surface area contributed by atoms with E-state index in [4.69, 9.17) is 11.5 Å². The number of hydrogen-bond donors (Lipinski definition) is 2. The van der Waals surface area contributed by atoms with Gasteiger partial charge in [0.15, 0.2) is 0 Å². The Morgan fingerprint density at radius 1 is 1.00 bits per heavy atom. The first-order chi connectivity index (χ1) is 8.74. The summed E-state index contributed by atoms with van der Waals surface area (Å²) in [6.45, 7) is 0. The molecule has 1 aromatic carbocycles. The second kappa shape index (κ2) is 3.84. The summed E-state index contributed by atoms with van der Waals surface area (Å²) in [5.41, 5.74) is 12.8. The highest BCUT2D eigenvalue weighted by atomic mass is 15.4. The summed E-state index contributed by atoms with van der Waals surface area (Å²) in [4.78, 5) is 7.72. The summed E-state index contributed by atoms with van der Waals surface area (Å²) in [7, 11) is 0. The number of nitrogens with two attached hydrogens (primary N) is 2. The largest absolute Gasteiger partial charge is 0.368 e. The highest BCUT2D eigenvalue weighted by Gasteiger charge is 2.06. The molecule has 8 nitrogen and oxygen atoms in total. The van der Waals surface area contributed by atoms with Crippen LogP contribution in [0, 0.1) is 0 Å². The van der Waals surface area contributed by atoms with Crippen molar-refractivity contribution in [2.24, 2.45) is 0 Å². The van der Waals surface area contributed by atoms with Crippen molar-refractivity contribution in [2.75, 3.05) is 11.5 Å². The first-order valence-corrected chi connectivity index (χ1v) is 5.17. The fraction of sp³-hybridized carbons (Fsp3) is 0. The molecule has 0 aliphatic rings. The number of anilines is 2. The van der Waals surface area contributed by atoms with Crippen molar-refractivity contribution in [1.29, 1.82) is 0 Å². The minimum atomic E-state index is 0.146. The van der Waals surface area contributed by atoms with E-state index in [1.165, 1.54) is 11.0 Å². The molecule has 2 heterocycles. The van der Waals surface area contributed by atoms with E-state index < -0.39 is 0 Å². The Morgan fingerprint density at radius 3 is 2.28 bits per heavy atom. The van der Waals surface area contributed by atoms with Crippen LogP contribution < -0.4 is 11.5 Å². The Balaban J connectivity index is 1.99. The average molecular weight is 242 g/mol. The van der Waals surface area contributed by atoms with E-state index in [-0.39, 0.29) is 11.9 Å². The first-order valence-electron chi connectivity index (χ1n) is 5.17. The van der Waals surface area contributed by atoms with Crippen LogP contribution in [0.15, 0.2) is 36.9 Å². The average Bonchev–Trinajstić information content (AvgIpc) is 2.99. The van der Waals surface area contributed by atoms with Crippen molar-refractivity contribution in [3.05, 3.63) is 36.9 Å². The third-order valence-corrected chi connectivity index (χ3v) is 2.43. The molecule has 0 aliphatic carbocycles. The van der Waals surface area contributed by atoms with Crippen molar-refractivity contribution in [3.8, 4) is 11.4 Å². The van der Waals surface area contributed by atoms with E-state index in [0.29, 0.717) is 0 Å². The molecular formula is C10H10N8. The van der Waals surface area contributed by atoms with Gasteiger partial charge in [-0.3, -0.25) is 0 Å². The molecule has 0 radical (unpaired) electrons. The van der Waals surface area contributed by atoms with Crippen LogP contribution in [-0.2, 0) is 0 Å². The molecule has 0 unspecified atom stereocenters. The number of nitrogens with zero attached hydrogens (tertiary/aromatic N) is 6. The van der Waals surface area contributed by atoms with Gasteiger partial charge in [0.05, 0.1) is 11.4 Å². The highest BCUT2D eigenvalue weighted by molar-refractivity contribution is 5.44. The Labute approximate surface area is 102 Å². The minimum Gasteiger partial charge on any atom is -0.368 e. The van der Waals surface area contributed by atoms with Gasteiger partial charge in [0.25, 0.3) is 0 Å². The van der Waals surface area contributed by atoms with Crippen LogP contribution >= 0.6 is 0 Å². The molecule has 90 valence electrons. The van der Waals surface area contributed by atoms with Gasteiger partial charge in [-0.25, -0.2) is 9.67 Å². The Kier molecular flexibility index (Phi) is 2.19. The number of aromatic nitrogens is 6. The van der Waals surface area contributed by atoms with Gasteiger partial charge in [-0.1, -0.05) is 0 Å². The first kappa shape index (κ1) is 10.3. The monoisotopic (exact) mass is 242 g/mol. The van der Waals surface area contributed by atoms with Gasteiger partial charge in [0, 0.05) is 0 Å². The van der Waals surface area contributed by atoms with Crippen LogP contribution in [0.2, 0.25) is 0 Å². The van der Waals surface area contributed by atoms with E-state index in [1.807, 2.05) is 24.3 Å². The highest BCUT2D eigenvalue weighted by Crippen LogP contribution is 2.14. The Bertz CT molecular complexity index is 652. The molecule has 3 aromatic rings. The number of benzene rings is 1. The van der Waals surface area contributed by atoms with Gasteiger partial charge in [-0.2, -0.15) is 14.8 Å². The summed E-state index contributed by atoms with van der Waals surface area (Å²) in [6.07, 6.45) is 3.10. The molecule has 0 bridgehead atoms. The van der Waals surface area contributed by atoms with Crippen molar-refractivity contribution >= 4 is 11.9 Å². The van der Waals surface area contributed by atoms with E-state index >= 15 is 0 Å². The van der Waals surface area contributed by atoms with Gasteiger partial charge in [-0.05, 0) is 24.3 Å². The molecule has 0 saturated carbocycles. The van der Waals surface area contributed by atoms with Crippen LogP contribution in [0.3, 0.4) is 0 Å². The molecule has 3 rings (SSSR count). The van der Waals surface area contributed by atoms with Gasteiger partial charge in [0.1, 0.15) is 12.7 Å². The third-order valence-electron chi connectivity index (χ3n) is 2.43. The fourth-order valence-corrected chi connectivity index (χ4v) is 1.62. The quantitative estimate of drug-likeness (QED) is 0.654. The number of rotatable bonds is 2. The van der Waals surface area contributed by atoms with Crippen molar-refractivity contribution < 1.29 is 0 Å². The molecule has 0 fully saturated rings.